The van der Waals surface area contributed by atoms with Gasteiger partial charge in [-0.05, 0) is 50.5 Å². The molecule has 0 aliphatic rings. The molecule has 3 aromatic rings. The number of para-hydroxylation sites is 1. The number of benzene rings is 2. The van der Waals surface area contributed by atoms with E-state index in [0.717, 1.165) is 34.3 Å². The summed E-state index contributed by atoms with van der Waals surface area (Å²) in [6.07, 6.45) is 2.00. The van der Waals surface area contributed by atoms with Crippen LogP contribution in [0.1, 0.15) is 41.9 Å². The molecule has 5 nitrogen and oxygen atoms in total. The van der Waals surface area contributed by atoms with Gasteiger partial charge in [0.05, 0.1) is 28.0 Å². The molecule has 3 rings (SSSR count). The van der Waals surface area contributed by atoms with Crippen LogP contribution in [-0.4, -0.2) is 33.6 Å². The zero-order valence-corrected chi connectivity index (χ0v) is 19.8. The van der Waals surface area contributed by atoms with E-state index in [1.807, 2.05) is 32.0 Å². The minimum absolute atomic E-state index is 0.0565. The Balaban J connectivity index is 1.95. The van der Waals surface area contributed by atoms with Gasteiger partial charge in [-0.2, -0.15) is 0 Å². The van der Waals surface area contributed by atoms with Crippen LogP contribution < -0.4 is 5.84 Å². The Morgan fingerprint density at radius 1 is 1.12 bits per heavy atom. The van der Waals surface area contributed by atoms with Gasteiger partial charge in [-0.25, -0.2) is 20.2 Å². The first-order valence-corrected chi connectivity index (χ1v) is 11.2. The molecule has 0 spiro atoms. The lowest BCUT2D eigenvalue weighted by Crippen LogP contribution is -2.47. The standard InChI is InChI=1S/C25H32BFN4O/c1-15(13-14-26(5)6)18(4)31(28)25(32)20-11-8-10-19(22(20)27)24-17(3)29-21-12-7-9-16(2)23(21)30-24/h7-12,15,18H,13-14,28H2,1-6H3. The fraction of sp³-hybridized carbons (Fsp3) is 0.400. The average molecular weight is 434 g/mol. The second-order valence-corrected chi connectivity index (χ2v) is 9.17. The van der Waals surface area contributed by atoms with Crippen molar-refractivity contribution >= 4 is 23.7 Å². The molecule has 0 aliphatic carbocycles. The van der Waals surface area contributed by atoms with Gasteiger partial charge in [-0.3, -0.25) is 9.80 Å². The number of aromatic nitrogens is 2. The van der Waals surface area contributed by atoms with Crippen molar-refractivity contribution in [3.8, 4) is 11.3 Å². The minimum Gasteiger partial charge on any atom is -0.273 e. The number of halogens is 1. The Labute approximate surface area is 190 Å². The lowest BCUT2D eigenvalue weighted by molar-refractivity contribution is 0.0630. The predicted molar refractivity (Wildman–Crippen MR) is 130 cm³/mol. The number of nitrogens with zero attached hydrogens (tertiary/aromatic N) is 3. The smallest absolute Gasteiger partial charge is 0.271 e. The summed E-state index contributed by atoms with van der Waals surface area (Å²) >= 11 is 0. The molecule has 1 amide bonds. The highest BCUT2D eigenvalue weighted by molar-refractivity contribution is 6.55. The van der Waals surface area contributed by atoms with Crippen molar-refractivity contribution < 1.29 is 9.18 Å². The van der Waals surface area contributed by atoms with E-state index in [2.05, 4.69) is 25.6 Å². The molecule has 2 N–H and O–H groups in total. The van der Waals surface area contributed by atoms with Crippen molar-refractivity contribution in [2.75, 3.05) is 0 Å². The number of hydrogen-bond donors (Lipinski definition) is 1. The van der Waals surface area contributed by atoms with Gasteiger partial charge in [0.15, 0.2) is 0 Å². The number of hydrogen-bond acceptors (Lipinski definition) is 4. The highest BCUT2D eigenvalue weighted by atomic mass is 19.1. The summed E-state index contributed by atoms with van der Waals surface area (Å²) in [6, 6.07) is 10.3. The molecule has 2 aromatic carbocycles. The van der Waals surface area contributed by atoms with Crippen LogP contribution in [0.5, 0.6) is 0 Å². The normalized spacial score (nSPS) is 13.1. The van der Waals surface area contributed by atoms with E-state index in [1.165, 1.54) is 6.07 Å². The molecule has 0 radical (unpaired) electrons. The molecule has 0 aliphatic heterocycles. The van der Waals surface area contributed by atoms with Crippen LogP contribution in [0.15, 0.2) is 36.4 Å². The first kappa shape index (κ1) is 23.9. The fourth-order valence-electron chi connectivity index (χ4n) is 3.88. The fourth-order valence-corrected chi connectivity index (χ4v) is 3.88. The van der Waals surface area contributed by atoms with Crippen LogP contribution in [0.25, 0.3) is 22.3 Å². The summed E-state index contributed by atoms with van der Waals surface area (Å²) in [6.45, 7) is 12.6. The van der Waals surface area contributed by atoms with Crippen LogP contribution >= 0.6 is 0 Å². The number of carbonyl (C=O) groups excluding carboxylic acids is 1. The van der Waals surface area contributed by atoms with Gasteiger partial charge in [0.25, 0.3) is 5.91 Å². The van der Waals surface area contributed by atoms with Crippen LogP contribution in [0.4, 0.5) is 4.39 Å². The van der Waals surface area contributed by atoms with E-state index >= 15 is 4.39 Å². The third kappa shape index (κ3) is 4.83. The molecule has 1 heterocycles. The Hall–Kier alpha value is -2.80. The minimum atomic E-state index is -0.625. The van der Waals surface area contributed by atoms with Gasteiger partial charge in [0, 0.05) is 11.6 Å². The Bertz CT molecular complexity index is 1130. The summed E-state index contributed by atoms with van der Waals surface area (Å²) < 4.78 is 15.6. The van der Waals surface area contributed by atoms with Gasteiger partial charge in [0.1, 0.15) is 12.5 Å². The lowest BCUT2D eigenvalue weighted by Gasteiger charge is -2.30. The monoisotopic (exact) mass is 434 g/mol. The highest BCUT2D eigenvalue weighted by Gasteiger charge is 2.27. The van der Waals surface area contributed by atoms with Crippen molar-refractivity contribution in [1.29, 1.82) is 0 Å². The molecule has 32 heavy (non-hydrogen) atoms. The molecule has 0 saturated heterocycles. The first-order valence-electron chi connectivity index (χ1n) is 11.2. The third-order valence-corrected chi connectivity index (χ3v) is 6.25. The summed E-state index contributed by atoms with van der Waals surface area (Å²) in [5.41, 5.74) is 3.67. The van der Waals surface area contributed by atoms with E-state index in [0.29, 0.717) is 18.1 Å². The molecule has 0 fully saturated rings. The Kier molecular flexibility index (Phi) is 7.29. The van der Waals surface area contributed by atoms with Crippen LogP contribution in [0, 0.1) is 25.6 Å². The number of amides is 1. The average Bonchev–Trinajstić information content (AvgIpc) is 2.76. The molecule has 1 aromatic heterocycles. The number of aryl methyl sites for hydroxylation is 2. The maximum absolute atomic E-state index is 15.6. The highest BCUT2D eigenvalue weighted by Crippen LogP contribution is 2.29. The van der Waals surface area contributed by atoms with E-state index < -0.39 is 11.7 Å². The van der Waals surface area contributed by atoms with Crippen LogP contribution in [0.2, 0.25) is 20.0 Å². The van der Waals surface area contributed by atoms with Gasteiger partial charge >= 0.3 is 0 Å². The Morgan fingerprint density at radius 2 is 1.81 bits per heavy atom. The van der Waals surface area contributed by atoms with Gasteiger partial charge in [-0.1, -0.05) is 51.5 Å². The molecular weight excluding hydrogens is 402 g/mol. The van der Waals surface area contributed by atoms with E-state index in [-0.39, 0.29) is 23.1 Å². The molecule has 2 unspecified atom stereocenters. The second-order valence-electron chi connectivity index (χ2n) is 9.17. The third-order valence-electron chi connectivity index (χ3n) is 6.25. The summed E-state index contributed by atoms with van der Waals surface area (Å²) in [5, 5.41) is 1.16. The summed E-state index contributed by atoms with van der Waals surface area (Å²) in [4.78, 5) is 22.4. The molecule has 7 heteroatoms. The van der Waals surface area contributed by atoms with E-state index in [1.54, 1.807) is 19.1 Å². The summed E-state index contributed by atoms with van der Waals surface area (Å²) in [7, 11) is 0. The number of nitrogens with two attached hydrogens (primary N) is 1. The molecule has 168 valence electrons. The zero-order valence-electron chi connectivity index (χ0n) is 19.8. The van der Waals surface area contributed by atoms with Crippen molar-refractivity contribution in [2.45, 2.75) is 60.1 Å². The number of carbonyl (C=O) groups is 1. The number of rotatable bonds is 7. The van der Waals surface area contributed by atoms with Crippen molar-refractivity contribution in [1.82, 2.24) is 15.0 Å². The number of fused-ring (bicyclic) bond motifs is 1. The largest absolute Gasteiger partial charge is 0.273 e. The first-order chi connectivity index (χ1) is 15.1. The maximum atomic E-state index is 15.6. The molecule has 0 bridgehead atoms. The predicted octanol–water partition coefficient (Wildman–Crippen LogP) is 5.54. The van der Waals surface area contributed by atoms with Crippen molar-refractivity contribution in [3.05, 3.63) is 59.0 Å². The van der Waals surface area contributed by atoms with Crippen LogP contribution in [-0.2, 0) is 0 Å². The van der Waals surface area contributed by atoms with Gasteiger partial charge < -0.3 is 0 Å². The quantitative estimate of drug-likeness (QED) is 0.229. The van der Waals surface area contributed by atoms with E-state index in [9.17, 15) is 4.79 Å². The van der Waals surface area contributed by atoms with Gasteiger partial charge in [-0.15, -0.1) is 0 Å². The Morgan fingerprint density at radius 3 is 2.50 bits per heavy atom. The van der Waals surface area contributed by atoms with Crippen molar-refractivity contribution in [2.24, 2.45) is 11.8 Å². The van der Waals surface area contributed by atoms with Crippen LogP contribution in [0.3, 0.4) is 0 Å². The molecule has 2 atom stereocenters. The lowest BCUT2D eigenvalue weighted by atomic mass is 9.51. The molecule has 0 saturated carbocycles. The second kappa shape index (κ2) is 9.78. The van der Waals surface area contributed by atoms with Crippen molar-refractivity contribution in [3.63, 3.8) is 0 Å². The maximum Gasteiger partial charge on any atom is 0.271 e. The molecular formula is C25H32BFN4O. The SMILES string of the molecule is CB(C)CCC(C)C(C)N(N)C(=O)c1cccc(-c2nc3c(C)cccc3nc2C)c1F. The van der Waals surface area contributed by atoms with E-state index in [4.69, 9.17) is 10.8 Å². The number of hydrazine groups is 1. The topological polar surface area (TPSA) is 72.1 Å². The summed E-state index contributed by atoms with van der Waals surface area (Å²) in [5.74, 6) is 5.22. The van der Waals surface area contributed by atoms with Gasteiger partial charge in [0.2, 0.25) is 0 Å². The zero-order chi connectivity index (χ0) is 23.6.